The third-order valence-corrected chi connectivity index (χ3v) is 25.5. The zero-order valence-electron chi connectivity index (χ0n) is 31.3. The maximum Gasteiger partial charge on any atom is 0.330 e. The van der Waals surface area contributed by atoms with E-state index in [2.05, 4.69) is 72.7 Å². The highest BCUT2D eigenvalue weighted by molar-refractivity contribution is 7.90. The predicted octanol–water partition coefficient (Wildman–Crippen LogP) is 5.44. The number of rotatable bonds is 9. The summed E-state index contributed by atoms with van der Waals surface area (Å²) in [5, 5.41) is 0.196. The van der Waals surface area contributed by atoms with Crippen LogP contribution in [0, 0.1) is 6.92 Å². The van der Waals surface area contributed by atoms with E-state index in [4.69, 9.17) is 27.9 Å². The SMILES string of the molecule is Cc1cn([C@@H]2O[C@H](C(CO[Si](C)(C)C(C)(C)C)O[Si](C)(C)C(C)(C)C)C3(OS(=O)(=O)C=C3N)C2O[Si](C)(C)C(C)(C)C)c(=O)[nH]c1=O. The summed E-state index contributed by atoms with van der Waals surface area (Å²) in [6, 6.07) is 0. The first-order valence-electron chi connectivity index (χ1n) is 16.2. The van der Waals surface area contributed by atoms with E-state index in [-0.39, 0.29) is 33.0 Å². The number of nitrogens with zero attached hydrogens (tertiary/aromatic N) is 1. The average molecular weight is 734 g/mol. The predicted molar refractivity (Wildman–Crippen MR) is 192 cm³/mol. The molecule has 2 aliphatic rings. The van der Waals surface area contributed by atoms with Crippen LogP contribution < -0.4 is 17.0 Å². The van der Waals surface area contributed by atoms with Gasteiger partial charge in [-0.15, -0.1) is 0 Å². The van der Waals surface area contributed by atoms with Crippen LogP contribution in [0.1, 0.15) is 74.1 Å². The van der Waals surface area contributed by atoms with Crippen molar-refractivity contribution in [3.63, 3.8) is 0 Å². The van der Waals surface area contributed by atoms with Gasteiger partial charge in [0.05, 0.1) is 23.8 Å². The van der Waals surface area contributed by atoms with Gasteiger partial charge in [0.15, 0.2) is 36.8 Å². The minimum Gasteiger partial charge on any atom is -0.414 e. The smallest absolute Gasteiger partial charge is 0.330 e. The van der Waals surface area contributed by atoms with Crippen LogP contribution in [0.3, 0.4) is 0 Å². The number of nitrogens with one attached hydrogen (secondary N) is 1. The van der Waals surface area contributed by atoms with E-state index in [1.807, 2.05) is 33.9 Å². The van der Waals surface area contributed by atoms with Crippen LogP contribution in [0.15, 0.2) is 26.9 Å². The minimum absolute atomic E-state index is 0.0607. The molecule has 0 bridgehead atoms. The van der Waals surface area contributed by atoms with Crippen molar-refractivity contribution in [1.82, 2.24) is 9.55 Å². The van der Waals surface area contributed by atoms with Gasteiger partial charge in [-0.2, -0.15) is 8.42 Å². The van der Waals surface area contributed by atoms with Gasteiger partial charge in [0.1, 0.15) is 12.2 Å². The fourth-order valence-corrected chi connectivity index (χ4v) is 9.68. The molecule has 0 radical (unpaired) electrons. The Kier molecular flexibility index (Phi) is 10.6. The largest absolute Gasteiger partial charge is 0.414 e. The average Bonchev–Trinajstić information content (AvgIpc) is 3.28. The van der Waals surface area contributed by atoms with Crippen LogP contribution in [0.4, 0.5) is 0 Å². The van der Waals surface area contributed by atoms with Crippen molar-refractivity contribution in [2.75, 3.05) is 6.61 Å². The zero-order valence-corrected chi connectivity index (χ0v) is 35.1. The van der Waals surface area contributed by atoms with Crippen LogP contribution in [0.2, 0.25) is 54.4 Å². The number of H-pyrrole nitrogens is 1. The molecule has 3 heterocycles. The van der Waals surface area contributed by atoms with E-state index < -0.39 is 76.5 Å². The molecule has 5 atom stereocenters. The van der Waals surface area contributed by atoms with Crippen molar-refractivity contribution >= 4 is 35.1 Å². The number of ether oxygens (including phenoxy) is 1. The maximum atomic E-state index is 13.4. The summed E-state index contributed by atoms with van der Waals surface area (Å²) in [7, 11) is -12.0. The quantitative estimate of drug-likeness (QED) is 0.247. The molecule has 0 saturated carbocycles. The fraction of sp³-hybridized carbons (Fsp3) is 0.806. The van der Waals surface area contributed by atoms with Gasteiger partial charge in [-0.3, -0.25) is 14.3 Å². The molecule has 1 saturated heterocycles. The molecule has 3 N–H and O–H groups in total. The Hall–Kier alpha value is -1.38. The Labute approximate surface area is 284 Å². The van der Waals surface area contributed by atoms with Gasteiger partial charge in [-0.1, -0.05) is 62.3 Å². The van der Waals surface area contributed by atoms with Crippen molar-refractivity contribution in [3.8, 4) is 0 Å². The van der Waals surface area contributed by atoms with E-state index in [9.17, 15) is 18.0 Å². The molecule has 1 aromatic rings. The topological polar surface area (TPSA) is 161 Å². The van der Waals surface area contributed by atoms with Crippen LogP contribution in [-0.2, 0) is 32.3 Å². The van der Waals surface area contributed by atoms with Crippen molar-refractivity contribution < 1.29 is 30.6 Å². The van der Waals surface area contributed by atoms with Crippen molar-refractivity contribution in [1.29, 1.82) is 0 Å². The molecule has 1 spiro atoms. The standard InChI is InChI=1S/C31H59N3O9SSi3/c1-20-17-34(27(36)33-25(20)35)26-24(42-47(15,16)30(8,9)10)31(22(32)19-44(37,38)43-31)23(40-26)21(41-46(13,14)29(5,6)7)18-39-45(11,12)28(2,3)4/h17,19,21,23-24,26H,18,32H2,1-16H3,(H,33,35,36)/t21?,23-,24?,26-,31?/m1/s1. The monoisotopic (exact) mass is 733 g/mol. The van der Waals surface area contributed by atoms with Crippen LogP contribution in [-0.4, -0.2) is 73.4 Å². The molecule has 1 aromatic heterocycles. The van der Waals surface area contributed by atoms with Crippen molar-refractivity contribution in [2.24, 2.45) is 5.73 Å². The summed E-state index contributed by atoms with van der Waals surface area (Å²) in [6.45, 7) is 33.0. The molecular formula is C31H59N3O9SSi3. The molecule has 0 aliphatic carbocycles. The molecular weight excluding hydrogens is 675 g/mol. The Morgan fingerprint density at radius 2 is 1.45 bits per heavy atom. The lowest BCUT2D eigenvalue weighted by Gasteiger charge is -2.46. The van der Waals surface area contributed by atoms with Crippen molar-refractivity contribution in [3.05, 3.63) is 43.7 Å². The van der Waals surface area contributed by atoms with Crippen LogP contribution in [0.5, 0.6) is 0 Å². The summed E-state index contributed by atoms with van der Waals surface area (Å²) in [6.07, 6.45) is -3.13. The maximum absolute atomic E-state index is 13.4. The second-order valence-corrected chi connectivity index (χ2v) is 33.4. The van der Waals surface area contributed by atoms with E-state index in [1.165, 1.54) is 10.8 Å². The van der Waals surface area contributed by atoms with Gasteiger partial charge in [0.25, 0.3) is 15.7 Å². The highest BCUT2D eigenvalue weighted by Gasteiger charge is 2.69. The Balaban J connectivity index is 2.39. The number of hydrogen-bond acceptors (Lipinski definition) is 10. The second-order valence-electron chi connectivity index (χ2n) is 17.7. The van der Waals surface area contributed by atoms with Crippen LogP contribution in [0.25, 0.3) is 0 Å². The van der Waals surface area contributed by atoms with Gasteiger partial charge < -0.3 is 23.7 Å². The number of aromatic nitrogens is 2. The lowest BCUT2D eigenvalue weighted by molar-refractivity contribution is -0.101. The first-order valence-corrected chi connectivity index (χ1v) is 26.4. The highest BCUT2D eigenvalue weighted by atomic mass is 32.2. The van der Waals surface area contributed by atoms with E-state index >= 15 is 0 Å². The van der Waals surface area contributed by atoms with Gasteiger partial charge in [-0.25, -0.2) is 8.98 Å². The number of aryl methyl sites for hydroxylation is 1. The molecule has 1 fully saturated rings. The van der Waals surface area contributed by atoms with Crippen molar-refractivity contribution in [2.45, 2.75) is 154 Å². The molecule has 2 aliphatic heterocycles. The molecule has 12 nitrogen and oxygen atoms in total. The minimum atomic E-state index is -4.30. The molecule has 3 unspecified atom stereocenters. The Morgan fingerprint density at radius 1 is 0.936 bits per heavy atom. The summed E-state index contributed by atoms with van der Waals surface area (Å²) < 4.78 is 61.6. The molecule has 0 aromatic carbocycles. The summed E-state index contributed by atoms with van der Waals surface area (Å²) in [5.74, 6) is 0. The first-order chi connectivity index (χ1) is 20.8. The van der Waals surface area contributed by atoms with Gasteiger partial charge in [0, 0.05) is 11.8 Å². The first kappa shape index (κ1) is 40.1. The number of aromatic amines is 1. The second kappa shape index (κ2) is 12.4. The van der Waals surface area contributed by atoms with E-state index in [1.54, 1.807) is 6.92 Å². The normalized spacial score (nSPS) is 26.6. The Bertz CT molecular complexity index is 1600. The lowest BCUT2D eigenvalue weighted by atomic mass is 9.86. The van der Waals surface area contributed by atoms with Gasteiger partial charge in [0.2, 0.25) is 0 Å². The van der Waals surface area contributed by atoms with E-state index in [0.717, 1.165) is 5.41 Å². The summed E-state index contributed by atoms with van der Waals surface area (Å²) >= 11 is 0. The molecule has 3 rings (SSSR count). The molecule has 270 valence electrons. The highest BCUT2D eigenvalue weighted by Crippen LogP contribution is 2.53. The third kappa shape index (κ3) is 7.70. The number of hydrogen-bond donors (Lipinski definition) is 2. The molecule has 47 heavy (non-hydrogen) atoms. The van der Waals surface area contributed by atoms with Crippen LogP contribution >= 0.6 is 0 Å². The summed E-state index contributed by atoms with van der Waals surface area (Å²) in [4.78, 5) is 28.2. The molecule has 16 heteroatoms. The summed E-state index contributed by atoms with van der Waals surface area (Å²) in [5.41, 5.74) is 3.67. The molecule has 0 amide bonds. The zero-order chi connectivity index (χ0) is 36.6. The van der Waals surface area contributed by atoms with Gasteiger partial charge in [-0.05, 0) is 61.3 Å². The number of nitrogens with two attached hydrogens (primary N) is 1. The lowest BCUT2D eigenvalue weighted by Crippen LogP contribution is -2.62. The van der Waals surface area contributed by atoms with E-state index in [0.29, 0.717) is 0 Å². The Morgan fingerprint density at radius 3 is 1.89 bits per heavy atom. The van der Waals surface area contributed by atoms with Gasteiger partial charge >= 0.3 is 5.69 Å². The fourth-order valence-electron chi connectivity index (χ4n) is 4.87. The third-order valence-electron chi connectivity index (χ3n) is 11.0.